The van der Waals surface area contributed by atoms with Crippen molar-refractivity contribution >= 4 is 11.9 Å². The quantitative estimate of drug-likeness (QED) is 0.658. The van der Waals surface area contributed by atoms with Gasteiger partial charge in [-0.15, -0.1) is 0 Å². The third-order valence-corrected chi connectivity index (χ3v) is 3.13. The van der Waals surface area contributed by atoms with Crippen LogP contribution >= 0.6 is 0 Å². The first-order valence-electron chi connectivity index (χ1n) is 5.89. The van der Waals surface area contributed by atoms with E-state index < -0.39 is 0 Å². The van der Waals surface area contributed by atoms with Crippen molar-refractivity contribution < 1.29 is 9.18 Å². The Kier molecular flexibility index (Phi) is 2.63. The SMILES string of the molecule is Cc1c(-c2ccc(F)cc2)nc2ccc(C=O)cn12. The highest BCUT2D eigenvalue weighted by Crippen LogP contribution is 2.24. The van der Waals surface area contributed by atoms with Crippen molar-refractivity contribution in [3.8, 4) is 11.3 Å². The van der Waals surface area contributed by atoms with E-state index in [0.717, 1.165) is 28.9 Å². The van der Waals surface area contributed by atoms with Crippen LogP contribution in [0.2, 0.25) is 0 Å². The summed E-state index contributed by atoms with van der Waals surface area (Å²) in [5.41, 5.74) is 3.93. The first kappa shape index (κ1) is 11.6. The van der Waals surface area contributed by atoms with E-state index in [0.29, 0.717) is 5.56 Å². The van der Waals surface area contributed by atoms with E-state index in [9.17, 15) is 9.18 Å². The number of aryl methyl sites for hydroxylation is 1. The molecule has 0 bridgehead atoms. The van der Waals surface area contributed by atoms with E-state index in [-0.39, 0.29) is 5.82 Å². The lowest BCUT2D eigenvalue weighted by Crippen LogP contribution is -1.90. The summed E-state index contributed by atoms with van der Waals surface area (Å²) >= 11 is 0. The lowest BCUT2D eigenvalue weighted by atomic mass is 10.1. The maximum atomic E-state index is 12.9. The van der Waals surface area contributed by atoms with Crippen molar-refractivity contribution in [3.63, 3.8) is 0 Å². The van der Waals surface area contributed by atoms with E-state index in [1.165, 1.54) is 12.1 Å². The second-order valence-corrected chi connectivity index (χ2v) is 4.36. The second kappa shape index (κ2) is 4.31. The lowest BCUT2D eigenvalue weighted by molar-refractivity contribution is 0.112. The van der Waals surface area contributed by atoms with Crippen LogP contribution in [0.25, 0.3) is 16.9 Å². The van der Waals surface area contributed by atoms with Gasteiger partial charge in [-0.3, -0.25) is 4.79 Å². The van der Waals surface area contributed by atoms with E-state index in [1.54, 1.807) is 30.5 Å². The number of carbonyl (C=O) groups is 1. The molecule has 3 nitrogen and oxygen atoms in total. The molecule has 0 saturated heterocycles. The van der Waals surface area contributed by atoms with Gasteiger partial charge in [0.1, 0.15) is 11.5 Å². The molecule has 0 fully saturated rings. The molecular formula is C15H11FN2O. The predicted octanol–water partition coefficient (Wildman–Crippen LogP) is 3.26. The average molecular weight is 254 g/mol. The summed E-state index contributed by atoms with van der Waals surface area (Å²) in [5, 5.41) is 0. The summed E-state index contributed by atoms with van der Waals surface area (Å²) in [6, 6.07) is 9.74. The molecule has 0 saturated carbocycles. The number of nitrogens with zero attached hydrogens (tertiary/aromatic N) is 2. The summed E-state index contributed by atoms with van der Waals surface area (Å²) in [5.74, 6) is -0.270. The van der Waals surface area contributed by atoms with Crippen molar-refractivity contribution in [2.75, 3.05) is 0 Å². The topological polar surface area (TPSA) is 34.4 Å². The Hall–Kier alpha value is -2.49. The van der Waals surface area contributed by atoms with Gasteiger partial charge in [-0.05, 0) is 43.3 Å². The zero-order chi connectivity index (χ0) is 13.4. The highest BCUT2D eigenvalue weighted by molar-refractivity contribution is 5.76. The van der Waals surface area contributed by atoms with E-state index in [2.05, 4.69) is 4.98 Å². The summed E-state index contributed by atoms with van der Waals surface area (Å²) in [4.78, 5) is 15.3. The molecule has 0 amide bonds. The molecule has 19 heavy (non-hydrogen) atoms. The van der Waals surface area contributed by atoms with Crippen molar-refractivity contribution in [1.29, 1.82) is 0 Å². The summed E-state index contributed by atoms with van der Waals surface area (Å²) in [6.07, 6.45) is 2.55. The Morgan fingerprint density at radius 2 is 1.89 bits per heavy atom. The summed E-state index contributed by atoms with van der Waals surface area (Å²) in [6.45, 7) is 1.92. The van der Waals surface area contributed by atoms with Gasteiger partial charge in [0.25, 0.3) is 0 Å². The Morgan fingerprint density at radius 1 is 1.16 bits per heavy atom. The molecule has 2 aromatic heterocycles. The largest absolute Gasteiger partial charge is 0.303 e. The smallest absolute Gasteiger partial charge is 0.151 e. The minimum atomic E-state index is -0.270. The normalized spacial score (nSPS) is 10.8. The number of fused-ring (bicyclic) bond motifs is 1. The van der Waals surface area contributed by atoms with Gasteiger partial charge >= 0.3 is 0 Å². The van der Waals surface area contributed by atoms with Gasteiger partial charge in [0.05, 0.1) is 5.69 Å². The zero-order valence-electron chi connectivity index (χ0n) is 10.3. The highest BCUT2D eigenvalue weighted by atomic mass is 19.1. The Bertz CT molecular complexity index is 760. The molecule has 4 heteroatoms. The minimum absolute atomic E-state index is 0.270. The van der Waals surface area contributed by atoms with Crippen LogP contribution in [0, 0.1) is 12.7 Å². The fourth-order valence-electron chi connectivity index (χ4n) is 2.13. The lowest BCUT2D eigenvalue weighted by Gasteiger charge is -1.99. The summed E-state index contributed by atoms with van der Waals surface area (Å²) in [7, 11) is 0. The molecule has 0 aliphatic heterocycles. The van der Waals surface area contributed by atoms with Crippen molar-refractivity contribution in [2.45, 2.75) is 6.92 Å². The number of benzene rings is 1. The molecule has 3 aromatic rings. The van der Waals surface area contributed by atoms with Gasteiger partial charge in [0.2, 0.25) is 0 Å². The maximum Gasteiger partial charge on any atom is 0.151 e. The van der Waals surface area contributed by atoms with Gasteiger partial charge in [0, 0.05) is 23.0 Å². The standard InChI is InChI=1S/C15H11FN2O/c1-10-15(12-3-5-13(16)6-4-12)17-14-7-2-11(9-19)8-18(10)14/h2-9H,1H3. The highest BCUT2D eigenvalue weighted by Gasteiger charge is 2.10. The molecule has 0 aliphatic rings. The van der Waals surface area contributed by atoms with Crippen LogP contribution in [0.3, 0.4) is 0 Å². The maximum absolute atomic E-state index is 12.9. The zero-order valence-corrected chi connectivity index (χ0v) is 10.3. The summed E-state index contributed by atoms with van der Waals surface area (Å²) < 4.78 is 14.8. The number of aldehydes is 1. The van der Waals surface area contributed by atoms with Crippen LogP contribution in [0.4, 0.5) is 4.39 Å². The van der Waals surface area contributed by atoms with Gasteiger partial charge in [0.15, 0.2) is 6.29 Å². The number of rotatable bonds is 2. The van der Waals surface area contributed by atoms with E-state index >= 15 is 0 Å². The van der Waals surface area contributed by atoms with Crippen LogP contribution in [0.1, 0.15) is 16.1 Å². The monoisotopic (exact) mass is 254 g/mol. The van der Waals surface area contributed by atoms with E-state index in [4.69, 9.17) is 0 Å². The molecule has 0 N–H and O–H groups in total. The molecule has 1 aromatic carbocycles. The third kappa shape index (κ3) is 1.91. The number of imidazole rings is 1. The van der Waals surface area contributed by atoms with Crippen molar-refractivity contribution in [1.82, 2.24) is 9.38 Å². The molecule has 0 aliphatic carbocycles. The second-order valence-electron chi connectivity index (χ2n) is 4.36. The van der Waals surface area contributed by atoms with Crippen LogP contribution < -0.4 is 0 Å². The molecule has 0 spiro atoms. The van der Waals surface area contributed by atoms with Crippen LogP contribution in [-0.2, 0) is 0 Å². The number of aromatic nitrogens is 2. The predicted molar refractivity (Wildman–Crippen MR) is 70.7 cm³/mol. The molecule has 3 rings (SSSR count). The number of halogens is 1. The number of hydrogen-bond donors (Lipinski definition) is 0. The third-order valence-electron chi connectivity index (χ3n) is 3.13. The fraction of sp³-hybridized carbons (Fsp3) is 0.0667. The molecular weight excluding hydrogens is 243 g/mol. The van der Waals surface area contributed by atoms with Crippen LogP contribution in [-0.4, -0.2) is 15.7 Å². The Balaban J connectivity index is 2.22. The fourth-order valence-corrected chi connectivity index (χ4v) is 2.13. The van der Waals surface area contributed by atoms with Gasteiger partial charge in [-0.25, -0.2) is 9.37 Å². The van der Waals surface area contributed by atoms with Crippen molar-refractivity contribution in [2.24, 2.45) is 0 Å². The molecule has 0 atom stereocenters. The molecule has 0 radical (unpaired) electrons. The van der Waals surface area contributed by atoms with Gasteiger partial charge in [-0.2, -0.15) is 0 Å². The van der Waals surface area contributed by atoms with Crippen LogP contribution in [0.15, 0.2) is 42.6 Å². The molecule has 0 unspecified atom stereocenters. The van der Waals surface area contributed by atoms with Gasteiger partial charge in [-0.1, -0.05) is 0 Å². The number of hydrogen-bond acceptors (Lipinski definition) is 2. The Morgan fingerprint density at radius 3 is 2.58 bits per heavy atom. The molecule has 94 valence electrons. The molecule has 2 heterocycles. The average Bonchev–Trinajstić information content (AvgIpc) is 2.76. The van der Waals surface area contributed by atoms with Crippen LogP contribution in [0.5, 0.6) is 0 Å². The first-order chi connectivity index (χ1) is 9.19. The van der Waals surface area contributed by atoms with E-state index in [1.807, 2.05) is 11.3 Å². The first-order valence-corrected chi connectivity index (χ1v) is 5.89. The number of pyridine rings is 1. The number of carbonyl (C=O) groups excluding carboxylic acids is 1. The van der Waals surface area contributed by atoms with Gasteiger partial charge < -0.3 is 4.40 Å². The Labute approximate surface area is 109 Å². The minimum Gasteiger partial charge on any atom is -0.303 e. The van der Waals surface area contributed by atoms with Crippen molar-refractivity contribution in [3.05, 3.63) is 59.7 Å².